The lowest BCUT2D eigenvalue weighted by molar-refractivity contribution is -0.149. The van der Waals surface area contributed by atoms with Crippen molar-refractivity contribution in [1.29, 1.82) is 0 Å². The Morgan fingerprint density at radius 2 is 2.06 bits per heavy atom. The number of rotatable bonds is 2. The van der Waals surface area contributed by atoms with Gasteiger partial charge in [0.2, 0.25) is 11.8 Å². The van der Waals surface area contributed by atoms with Gasteiger partial charge in [-0.3, -0.25) is 19.8 Å². The smallest absolute Gasteiger partial charge is 0.277 e. The van der Waals surface area contributed by atoms with Gasteiger partial charge >= 0.3 is 6.03 Å². The molecule has 2 heterocycles. The van der Waals surface area contributed by atoms with E-state index in [2.05, 4.69) is 5.32 Å². The van der Waals surface area contributed by atoms with Crippen LogP contribution in [-0.4, -0.2) is 40.3 Å². The van der Waals surface area contributed by atoms with E-state index in [-0.39, 0.29) is 5.91 Å². The Morgan fingerprint density at radius 3 is 2.67 bits per heavy atom. The minimum atomic E-state index is -1.15. The molecule has 0 aromatic carbocycles. The lowest BCUT2D eigenvalue weighted by Gasteiger charge is -2.36. The van der Waals surface area contributed by atoms with Crippen LogP contribution in [0.3, 0.4) is 0 Å². The minimum absolute atomic E-state index is 0.303. The first-order valence-corrected chi connectivity index (χ1v) is 7.27. The van der Waals surface area contributed by atoms with Crippen LogP contribution in [0.15, 0.2) is 0 Å². The fourth-order valence-corrected chi connectivity index (χ4v) is 3.46. The first kappa shape index (κ1) is 13.4. The number of nitrogens with one attached hydrogen (secondary N) is 1. The van der Waals surface area contributed by atoms with E-state index in [0.29, 0.717) is 11.8 Å². The summed E-state index contributed by atoms with van der Waals surface area (Å²) in [6.07, 6.45) is 3.37. The molecule has 2 aliphatic rings. The molecule has 5 nitrogen and oxygen atoms in total. The zero-order chi connectivity index (χ0) is 13.3. The monoisotopic (exact) mass is 270 g/mol. The number of nitrogens with zero attached hydrogens (tertiary/aromatic N) is 1. The fraction of sp³-hybridized carbons (Fsp3) is 0.750. The SMILES string of the molecule is CC1(C)C(=O)NC(=O)N(CC2CCCCS2)C1=O. The summed E-state index contributed by atoms with van der Waals surface area (Å²) < 4.78 is 0. The highest BCUT2D eigenvalue weighted by Crippen LogP contribution is 2.29. The molecular formula is C12H18N2O3S. The van der Waals surface area contributed by atoms with Gasteiger partial charge in [0, 0.05) is 11.8 Å². The van der Waals surface area contributed by atoms with E-state index < -0.39 is 17.4 Å². The van der Waals surface area contributed by atoms with Crippen molar-refractivity contribution in [2.75, 3.05) is 12.3 Å². The van der Waals surface area contributed by atoms with Crippen LogP contribution in [0.25, 0.3) is 0 Å². The molecule has 0 aromatic heterocycles. The van der Waals surface area contributed by atoms with Crippen LogP contribution in [0.4, 0.5) is 4.79 Å². The van der Waals surface area contributed by atoms with Crippen LogP contribution < -0.4 is 5.32 Å². The molecule has 0 spiro atoms. The molecule has 2 saturated heterocycles. The van der Waals surface area contributed by atoms with Crippen LogP contribution in [-0.2, 0) is 9.59 Å². The number of amides is 4. The van der Waals surface area contributed by atoms with Gasteiger partial charge in [-0.1, -0.05) is 6.42 Å². The van der Waals surface area contributed by atoms with Crippen molar-refractivity contribution in [3.63, 3.8) is 0 Å². The maximum absolute atomic E-state index is 12.2. The third-order valence-corrected chi connectivity index (χ3v) is 4.85. The number of hydrogen-bond donors (Lipinski definition) is 1. The molecule has 2 aliphatic heterocycles. The number of imide groups is 2. The summed E-state index contributed by atoms with van der Waals surface area (Å²) in [4.78, 5) is 36.7. The molecule has 100 valence electrons. The summed E-state index contributed by atoms with van der Waals surface area (Å²) in [5.74, 6) is 0.184. The van der Waals surface area contributed by atoms with Gasteiger partial charge in [-0.15, -0.1) is 0 Å². The number of carbonyl (C=O) groups excluding carboxylic acids is 3. The Bertz CT molecular complexity index is 389. The summed E-state index contributed by atoms with van der Waals surface area (Å²) in [6.45, 7) is 3.52. The molecule has 2 fully saturated rings. The Kier molecular flexibility index (Phi) is 3.66. The molecule has 1 unspecified atom stereocenters. The van der Waals surface area contributed by atoms with Crippen LogP contribution in [0.5, 0.6) is 0 Å². The van der Waals surface area contributed by atoms with Crippen LogP contribution >= 0.6 is 11.8 Å². The van der Waals surface area contributed by atoms with Gasteiger partial charge in [0.25, 0.3) is 0 Å². The topological polar surface area (TPSA) is 66.5 Å². The Balaban J connectivity index is 2.08. The largest absolute Gasteiger partial charge is 0.330 e. The van der Waals surface area contributed by atoms with Crippen molar-refractivity contribution < 1.29 is 14.4 Å². The zero-order valence-corrected chi connectivity index (χ0v) is 11.5. The maximum Gasteiger partial charge on any atom is 0.330 e. The summed E-state index contributed by atoms with van der Waals surface area (Å²) in [5.41, 5.74) is -1.15. The van der Waals surface area contributed by atoms with Crippen molar-refractivity contribution in [2.24, 2.45) is 5.41 Å². The standard InChI is InChI=1S/C12H18N2O3S/c1-12(2)9(15)13-11(17)14(10(12)16)7-8-5-3-4-6-18-8/h8H,3-7H2,1-2H3,(H,13,15,17). The van der Waals surface area contributed by atoms with E-state index in [1.807, 2.05) is 0 Å². The van der Waals surface area contributed by atoms with Gasteiger partial charge in [-0.05, 0) is 32.4 Å². The normalized spacial score (nSPS) is 28.2. The molecule has 18 heavy (non-hydrogen) atoms. The van der Waals surface area contributed by atoms with Gasteiger partial charge in [0.1, 0.15) is 5.41 Å². The molecule has 0 aliphatic carbocycles. The van der Waals surface area contributed by atoms with E-state index in [1.165, 1.54) is 11.3 Å². The first-order valence-electron chi connectivity index (χ1n) is 6.22. The van der Waals surface area contributed by atoms with Crippen molar-refractivity contribution in [1.82, 2.24) is 10.2 Å². The second-order valence-corrected chi connectivity index (χ2v) is 6.70. The molecule has 0 bridgehead atoms. The lowest BCUT2D eigenvalue weighted by Crippen LogP contribution is -2.62. The Hall–Kier alpha value is -1.04. The molecule has 1 atom stereocenters. The third-order valence-electron chi connectivity index (χ3n) is 3.47. The van der Waals surface area contributed by atoms with Crippen LogP contribution in [0.2, 0.25) is 0 Å². The Labute approximate surface area is 111 Å². The predicted octanol–water partition coefficient (Wildman–Crippen LogP) is 1.38. The zero-order valence-electron chi connectivity index (χ0n) is 10.7. The summed E-state index contributed by atoms with van der Waals surface area (Å²) >= 11 is 1.80. The van der Waals surface area contributed by atoms with Gasteiger partial charge in [-0.25, -0.2) is 4.79 Å². The summed E-state index contributed by atoms with van der Waals surface area (Å²) in [6, 6.07) is -0.574. The molecule has 6 heteroatoms. The highest BCUT2D eigenvalue weighted by Gasteiger charge is 2.47. The van der Waals surface area contributed by atoms with E-state index in [9.17, 15) is 14.4 Å². The van der Waals surface area contributed by atoms with Crippen molar-refractivity contribution in [2.45, 2.75) is 38.4 Å². The minimum Gasteiger partial charge on any atom is -0.277 e. The molecule has 4 amide bonds. The van der Waals surface area contributed by atoms with E-state index in [4.69, 9.17) is 0 Å². The molecular weight excluding hydrogens is 252 g/mol. The predicted molar refractivity (Wildman–Crippen MR) is 69.1 cm³/mol. The van der Waals surface area contributed by atoms with Gasteiger partial charge in [-0.2, -0.15) is 11.8 Å². The molecule has 0 saturated carbocycles. The lowest BCUT2D eigenvalue weighted by atomic mass is 9.88. The number of thioether (sulfide) groups is 1. The van der Waals surface area contributed by atoms with Crippen molar-refractivity contribution in [3.05, 3.63) is 0 Å². The van der Waals surface area contributed by atoms with Crippen molar-refractivity contribution in [3.8, 4) is 0 Å². The number of hydrogen-bond acceptors (Lipinski definition) is 4. The quantitative estimate of drug-likeness (QED) is 0.770. The summed E-state index contributed by atoms with van der Waals surface area (Å²) in [7, 11) is 0. The highest BCUT2D eigenvalue weighted by atomic mass is 32.2. The van der Waals surface area contributed by atoms with E-state index in [1.54, 1.807) is 25.6 Å². The number of barbiturate groups is 1. The maximum atomic E-state index is 12.2. The van der Waals surface area contributed by atoms with Crippen molar-refractivity contribution >= 4 is 29.6 Å². The fourth-order valence-electron chi connectivity index (χ4n) is 2.17. The third kappa shape index (κ3) is 2.39. The number of carbonyl (C=O) groups is 3. The molecule has 0 radical (unpaired) electrons. The molecule has 0 aromatic rings. The average Bonchev–Trinajstić information content (AvgIpc) is 2.34. The summed E-state index contributed by atoms with van der Waals surface area (Å²) in [5, 5.41) is 2.56. The number of urea groups is 1. The Morgan fingerprint density at radius 1 is 1.33 bits per heavy atom. The average molecular weight is 270 g/mol. The first-order chi connectivity index (χ1) is 8.43. The second kappa shape index (κ2) is 4.91. The van der Waals surface area contributed by atoms with Gasteiger partial charge in [0.15, 0.2) is 0 Å². The van der Waals surface area contributed by atoms with Gasteiger partial charge in [0.05, 0.1) is 0 Å². The van der Waals surface area contributed by atoms with Gasteiger partial charge < -0.3 is 0 Å². The van der Waals surface area contributed by atoms with E-state index in [0.717, 1.165) is 18.6 Å². The molecule has 2 rings (SSSR count). The molecule has 1 N–H and O–H groups in total. The van der Waals surface area contributed by atoms with Crippen LogP contribution in [0, 0.1) is 5.41 Å². The second-order valence-electron chi connectivity index (χ2n) is 5.29. The van der Waals surface area contributed by atoms with E-state index >= 15 is 0 Å². The van der Waals surface area contributed by atoms with Crippen LogP contribution in [0.1, 0.15) is 33.1 Å². The highest BCUT2D eigenvalue weighted by molar-refractivity contribution is 7.99.